The molecule has 0 saturated carbocycles. The average molecular weight is 288 g/mol. The highest BCUT2D eigenvalue weighted by Crippen LogP contribution is 2.40. The Kier molecular flexibility index (Phi) is 3.61. The predicted molar refractivity (Wildman–Crippen MR) is 76.5 cm³/mol. The van der Waals surface area contributed by atoms with Gasteiger partial charge in [-0.2, -0.15) is 10.2 Å². The van der Waals surface area contributed by atoms with Crippen molar-refractivity contribution in [1.29, 1.82) is 0 Å². The first-order valence-corrected chi connectivity index (χ1v) is 7.52. The third kappa shape index (κ3) is 2.39. The lowest BCUT2D eigenvalue weighted by Gasteiger charge is -2.39. The van der Waals surface area contributed by atoms with Crippen molar-refractivity contribution >= 4 is 11.8 Å². The molecule has 112 valence electrons. The Morgan fingerprint density at radius 1 is 1.33 bits per heavy atom. The van der Waals surface area contributed by atoms with E-state index >= 15 is 0 Å². The molecule has 1 aromatic heterocycles. The molecule has 21 heavy (non-hydrogen) atoms. The maximum absolute atomic E-state index is 12.6. The number of rotatable bonds is 2. The molecule has 0 aromatic carbocycles. The molecule has 6 nitrogen and oxygen atoms in total. The summed E-state index contributed by atoms with van der Waals surface area (Å²) in [5.41, 5.74) is 0.185. The van der Waals surface area contributed by atoms with Crippen LogP contribution in [0.3, 0.4) is 0 Å². The molecule has 2 amide bonds. The summed E-state index contributed by atoms with van der Waals surface area (Å²) in [4.78, 5) is 28.8. The van der Waals surface area contributed by atoms with Crippen molar-refractivity contribution in [3.63, 3.8) is 0 Å². The molecule has 0 bridgehead atoms. The third-order valence-corrected chi connectivity index (χ3v) is 4.68. The first kappa shape index (κ1) is 14.0. The van der Waals surface area contributed by atoms with Crippen LogP contribution in [0.1, 0.15) is 36.5 Å². The number of hydrogen-bond donors (Lipinski definition) is 0. The van der Waals surface area contributed by atoms with Crippen LogP contribution in [0.4, 0.5) is 0 Å². The van der Waals surface area contributed by atoms with Crippen molar-refractivity contribution in [1.82, 2.24) is 20.0 Å². The fraction of sp³-hybridized carbons (Fsp3) is 0.600. The van der Waals surface area contributed by atoms with Crippen LogP contribution in [0.2, 0.25) is 0 Å². The van der Waals surface area contributed by atoms with Gasteiger partial charge in [0, 0.05) is 26.2 Å². The van der Waals surface area contributed by atoms with Gasteiger partial charge in [-0.05, 0) is 32.3 Å². The second kappa shape index (κ2) is 5.42. The van der Waals surface area contributed by atoms with Crippen molar-refractivity contribution in [2.45, 2.75) is 26.2 Å². The molecule has 2 fully saturated rings. The van der Waals surface area contributed by atoms with E-state index in [1.54, 1.807) is 11.0 Å². The highest BCUT2D eigenvalue weighted by atomic mass is 16.2. The van der Waals surface area contributed by atoms with Crippen molar-refractivity contribution in [3.05, 3.63) is 24.0 Å². The van der Waals surface area contributed by atoms with Gasteiger partial charge >= 0.3 is 0 Å². The van der Waals surface area contributed by atoms with E-state index in [9.17, 15) is 9.59 Å². The van der Waals surface area contributed by atoms with Crippen molar-refractivity contribution in [2.75, 3.05) is 26.2 Å². The number of aromatic nitrogens is 2. The summed E-state index contributed by atoms with van der Waals surface area (Å²) in [6.07, 6.45) is 5.64. The Hall–Kier alpha value is -1.98. The third-order valence-electron chi connectivity index (χ3n) is 4.68. The maximum atomic E-state index is 12.6. The fourth-order valence-electron chi connectivity index (χ4n) is 3.48. The van der Waals surface area contributed by atoms with E-state index in [1.807, 2.05) is 11.8 Å². The van der Waals surface area contributed by atoms with E-state index in [2.05, 4.69) is 10.2 Å². The van der Waals surface area contributed by atoms with Gasteiger partial charge in [0.15, 0.2) is 0 Å². The zero-order chi connectivity index (χ0) is 14.9. The first-order chi connectivity index (χ1) is 10.2. The molecule has 2 saturated heterocycles. The summed E-state index contributed by atoms with van der Waals surface area (Å²) in [6.45, 7) is 4.81. The molecule has 6 heteroatoms. The number of carbonyl (C=O) groups excluding carboxylic acids is 2. The topological polar surface area (TPSA) is 66.4 Å². The lowest BCUT2D eigenvalue weighted by molar-refractivity contribution is -0.138. The lowest BCUT2D eigenvalue weighted by Crippen LogP contribution is -2.49. The molecule has 0 N–H and O–H groups in total. The average Bonchev–Trinajstić information content (AvgIpc) is 2.84. The summed E-state index contributed by atoms with van der Waals surface area (Å²) in [5.74, 6) is 0.169. The lowest BCUT2D eigenvalue weighted by atomic mass is 9.78. The van der Waals surface area contributed by atoms with Gasteiger partial charge < -0.3 is 9.80 Å². The minimum Gasteiger partial charge on any atom is -0.342 e. The predicted octanol–water partition coefficient (Wildman–Crippen LogP) is 0.951. The van der Waals surface area contributed by atoms with Crippen molar-refractivity contribution in [3.8, 4) is 0 Å². The molecule has 1 aromatic rings. The summed E-state index contributed by atoms with van der Waals surface area (Å²) in [7, 11) is 0. The normalized spacial score (nSPS) is 25.7. The van der Waals surface area contributed by atoms with Crippen LogP contribution < -0.4 is 0 Å². The largest absolute Gasteiger partial charge is 0.342 e. The fourth-order valence-corrected chi connectivity index (χ4v) is 3.48. The van der Waals surface area contributed by atoms with Gasteiger partial charge in [-0.1, -0.05) is 0 Å². The minimum atomic E-state index is -0.357. The van der Waals surface area contributed by atoms with Gasteiger partial charge in [-0.15, -0.1) is 0 Å². The maximum Gasteiger partial charge on any atom is 0.255 e. The SMILES string of the molecule is CCN1CCC2(CCCN(C(=O)c3ccnnc3)C2)C1=O. The summed E-state index contributed by atoms with van der Waals surface area (Å²) in [5, 5.41) is 7.45. The van der Waals surface area contributed by atoms with E-state index in [0.29, 0.717) is 18.7 Å². The molecular weight excluding hydrogens is 268 g/mol. The quantitative estimate of drug-likeness (QED) is 0.812. The van der Waals surface area contributed by atoms with Crippen LogP contribution >= 0.6 is 0 Å². The van der Waals surface area contributed by atoms with Gasteiger partial charge in [0.25, 0.3) is 5.91 Å². The minimum absolute atomic E-state index is 0.0493. The molecule has 1 unspecified atom stereocenters. The first-order valence-electron chi connectivity index (χ1n) is 7.52. The van der Waals surface area contributed by atoms with Crippen LogP contribution in [0, 0.1) is 5.41 Å². The summed E-state index contributed by atoms with van der Waals surface area (Å²) < 4.78 is 0. The highest BCUT2D eigenvalue weighted by Gasteiger charge is 2.49. The van der Waals surface area contributed by atoms with Gasteiger partial charge in [-0.25, -0.2) is 0 Å². The molecule has 2 aliphatic heterocycles. The molecule has 3 rings (SSSR count). The molecule has 1 atom stereocenters. The number of piperidine rings is 1. The van der Waals surface area contributed by atoms with E-state index < -0.39 is 0 Å². The van der Waals surface area contributed by atoms with Gasteiger partial charge in [0.05, 0.1) is 23.4 Å². The number of nitrogens with zero attached hydrogens (tertiary/aromatic N) is 4. The van der Waals surface area contributed by atoms with Gasteiger partial charge in [0.1, 0.15) is 0 Å². The Bertz CT molecular complexity index is 548. The van der Waals surface area contributed by atoms with E-state index in [4.69, 9.17) is 0 Å². The molecule has 1 spiro atoms. The molecule has 2 aliphatic rings. The highest BCUT2D eigenvalue weighted by molar-refractivity contribution is 5.94. The Morgan fingerprint density at radius 2 is 2.19 bits per heavy atom. The summed E-state index contributed by atoms with van der Waals surface area (Å²) >= 11 is 0. The van der Waals surface area contributed by atoms with Crippen LogP contribution in [0.25, 0.3) is 0 Å². The van der Waals surface area contributed by atoms with Crippen molar-refractivity contribution in [2.24, 2.45) is 5.41 Å². The molecule has 0 aliphatic carbocycles. The van der Waals surface area contributed by atoms with E-state index in [-0.39, 0.29) is 17.2 Å². The number of likely N-dealkylation sites (tertiary alicyclic amines) is 2. The summed E-state index contributed by atoms with van der Waals surface area (Å²) in [6, 6.07) is 1.67. The monoisotopic (exact) mass is 288 g/mol. The number of hydrogen-bond acceptors (Lipinski definition) is 4. The Labute approximate surface area is 124 Å². The van der Waals surface area contributed by atoms with E-state index in [0.717, 1.165) is 32.4 Å². The van der Waals surface area contributed by atoms with Crippen LogP contribution in [0.5, 0.6) is 0 Å². The number of amides is 2. The second-order valence-corrected chi connectivity index (χ2v) is 5.88. The standard InChI is InChI=1S/C15H20N4O2/c1-2-18-9-6-15(14(18)21)5-3-8-19(11-15)13(20)12-4-7-16-17-10-12/h4,7,10H,2-3,5-6,8-9,11H2,1H3. The molecule has 3 heterocycles. The van der Waals surface area contributed by atoms with Crippen LogP contribution in [-0.2, 0) is 4.79 Å². The molecular formula is C15H20N4O2. The van der Waals surface area contributed by atoms with Gasteiger partial charge in [0.2, 0.25) is 5.91 Å². The van der Waals surface area contributed by atoms with Crippen LogP contribution in [0.15, 0.2) is 18.5 Å². The second-order valence-electron chi connectivity index (χ2n) is 5.88. The molecule has 0 radical (unpaired) electrons. The van der Waals surface area contributed by atoms with E-state index in [1.165, 1.54) is 12.4 Å². The Balaban J connectivity index is 1.78. The Morgan fingerprint density at radius 3 is 2.86 bits per heavy atom. The van der Waals surface area contributed by atoms with Gasteiger partial charge in [-0.3, -0.25) is 9.59 Å². The smallest absolute Gasteiger partial charge is 0.255 e. The van der Waals surface area contributed by atoms with Crippen LogP contribution in [-0.4, -0.2) is 58.0 Å². The van der Waals surface area contributed by atoms with Crippen molar-refractivity contribution < 1.29 is 9.59 Å². The number of carbonyl (C=O) groups is 2. The zero-order valence-corrected chi connectivity index (χ0v) is 12.3. The zero-order valence-electron chi connectivity index (χ0n) is 12.3.